The lowest BCUT2D eigenvalue weighted by Gasteiger charge is -2.30. The first-order valence-electron chi connectivity index (χ1n) is 10.7. The Hall–Kier alpha value is -2.74. The van der Waals surface area contributed by atoms with Crippen molar-refractivity contribution in [2.75, 3.05) is 18.4 Å². The number of nitrogens with one attached hydrogen (secondary N) is 1. The normalized spacial score (nSPS) is 14.1. The van der Waals surface area contributed by atoms with Gasteiger partial charge in [0.15, 0.2) is 5.82 Å². The van der Waals surface area contributed by atoms with Gasteiger partial charge in [0.05, 0.1) is 11.9 Å². The summed E-state index contributed by atoms with van der Waals surface area (Å²) < 4.78 is 5.58. The molecule has 0 aliphatic carbocycles. The minimum Gasteiger partial charge on any atom is -0.444 e. The van der Waals surface area contributed by atoms with E-state index in [9.17, 15) is 4.79 Å². The Kier molecular flexibility index (Phi) is 5.83. The molecule has 3 aromatic rings. The van der Waals surface area contributed by atoms with Gasteiger partial charge in [0.2, 0.25) is 0 Å². The standard InChI is InChI=1S/C23H29N5O2S/c1-14(2)12-25-20-18-16-8-11-28(22(29)30-23(3,4)5)13-17(16)31-21(18)27-19(26-20)15-6-9-24-10-7-15/h6-7,9-10,14H,8,11-13H2,1-5H3,(H,25,26,27). The Morgan fingerprint density at radius 1 is 1.26 bits per heavy atom. The smallest absolute Gasteiger partial charge is 0.410 e. The highest BCUT2D eigenvalue weighted by Gasteiger charge is 2.29. The van der Waals surface area contributed by atoms with Crippen LogP contribution in [0.4, 0.5) is 10.6 Å². The third-order valence-corrected chi connectivity index (χ3v) is 6.08. The maximum absolute atomic E-state index is 12.6. The van der Waals surface area contributed by atoms with Crippen molar-refractivity contribution < 1.29 is 9.53 Å². The van der Waals surface area contributed by atoms with Crippen LogP contribution in [-0.2, 0) is 17.7 Å². The van der Waals surface area contributed by atoms with Gasteiger partial charge < -0.3 is 15.0 Å². The number of aromatic nitrogens is 3. The first-order valence-corrected chi connectivity index (χ1v) is 11.5. The average Bonchev–Trinajstić information content (AvgIpc) is 3.09. The SMILES string of the molecule is CC(C)CNc1nc(-c2ccncc2)nc2sc3c(c12)CCN(C(=O)OC(C)(C)C)C3. The van der Waals surface area contributed by atoms with E-state index in [1.165, 1.54) is 5.56 Å². The average molecular weight is 440 g/mol. The molecule has 0 bridgehead atoms. The van der Waals surface area contributed by atoms with Crippen LogP contribution in [0.25, 0.3) is 21.6 Å². The number of carbonyl (C=O) groups is 1. The van der Waals surface area contributed by atoms with E-state index in [-0.39, 0.29) is 6.09 Å². The summed E-state index contributed by atoms with van der Waals surface area (Å²) in [6, 6.07) is 3.84. The van der Waals surface area contributed by atoms with Gasteiger partial charge in [-0.25, -0.2) is 14.8 Å². The van der Waals surface area contributed by atoms with Crippen molar-refractivity contribution >= 4 is 33.5 Å². The lowest BCUT2D eigenvalue weighted by molar-refractivity contribution is 0.0227. The van der Waals surface area contributed by atoms with Crippen LogP contribution in [0, 0.1) is 5.92 Å². The zero-order valence-electron chi connectivity index (χ0n) is 18.7. The molecule has 0 fully saturated rings. The Balaban J connectivity index is 1.73. The number of carbonyl (C=O) groups excluding carboxylic acids is 1. The molecule has 0 aromatic carbocycles. The summed E-state index contributed by atoms with van der Waals surface area (Å²) in [4.78, 5) is 30.3. The second-order valence-corrected chi connectivity index (χ2v) is 10.3. The van der Waals surface area contributed by atoms with Gasteiger partial charge in [-0.05, 0) is 50.8 Å². The summed E-state index contributed by atoms with van der Waals surface area (Å²) >= 11 is 1.64. The predicted octanol–water partition coefficient (Wildman–Crippen LogP) is 5.11. The molecule has 3 aromatic heterocycles. The fourth-order valence-corrected chi connectivity index (χ4v) is 4.77. The van der Waals surface area contributed by atoms with E-state index in [2.05, 4.69) is 24.1 Å². The lowest BCUT2D eigenvalue weighted by atomic mass is 10.0. The summed E-state index contributed by atoms with van der Waals surface area (Å²) in [6.45, 7) is 12.0. The van der Waals surface area contributed by atoms with E-state index in [0.717, 1.165) is 39.4 Å². The lowest BCUT2D eigenvalue weighted by Crippen LogP contribution is -2.39. The predicted molar refractivity (Wildman–Crippen MR) is 124 cm³/mol. The van der Waals surface area contributed by atoms with Gasteiger partial charge in [-0.3, -0.25) is 4.98 Å². The number of fused-ring (bicyclic) bond motifs is 3. The monoisotopic (exact) mass is 439 g/mol. The third kappa shape index (κ3) is 4.79. The molecule has 0 saturated carbocycles. The zero-order chi connectivity index (χ0) is 22.2. The van der Waals surface area contributed by atoms with Gasteiger partial charge in [0.25, 0.3) is 0 Å². The fraction of sp³-hybridized carbons (Fsp3) is 0.478. The number of ether oxygens (including phenoxy) is 1. The van der Waals surface area contributed by atoms with Crippen molar-refractivity contribution in [3.8, 4) is 11.4 Å². The summed E-state index contributed by atoms with van der Waals surface area (Å²) in [7, 11) is 0. The highest BCUT2D eigenvalue weighted by Crippen LogP contribution is 2.39. The molecule has 1 aliphatic heterocycles. The molecule has 0 radical (unpaired) electrons. The van der Waals surface area contributed by atoms with Crippen LogP contribution in [0.15, 0.2) is 24.5 Å². The van der Waals surface area contributed by atoms with Crippen LogP contribution in [0.2, 0.25) is 0 Å². The number of hydrogen-bond acceptors (Lipinski definition) is 7. The quantitative estimate of drug-likeness (QED) is 0.608. The molecule has 0 unspecified atom stereocenters. The molecule has 1 amide bonds. The second kappa shape index (κ2) is 8.42. The van der Waals surface area contributed by atoms with Crippen LogP contribution < -0.4 is 5.32 Å². The fourth-order valence-electron chi connectivity index (χ4n) is 3.54. The third-order valence-electron chi connectivity index (χ3n) is 4.97. The zero-order valence-corrected chi connectivity index (χ0v) is 19.5. The topological polar surface area (TPSA) is 80.2 Å². The minimum absolute atomic E-state index is 0.266. The van der Waals surface area contributed by atoms with E-state index in [4.69, 9.17) is 14.7 Å². The van der Waals surface area contributed by atoms with Crippen LogP contribution in [-0.4, -0.2) is 44.6 Å². The Morgan fingerprint density at radius 2 is 2.00 bits per heavy atom. The number of anilines is 1. The maximum Gasteiger partial charge on any atom is 0.410 e. The van der Waals surface area contributed by atoms with Gasteiger partial charge >= 0.3 is 6.09 Å². The highest BCUT2D eigenvalue weighted by molar-refractivity contribution is 7.19. The molecule has 1 N–H and O–H groups in total. The van der Waals surface area contributed by atoms with Crippen LogP contribution in [0.5, 0.6) is 0 Å². The Morgan fingerprint density at radius 3 is 2.68 bits per heavy atom. The van der Waals surface area contributed by atoms with Gasteiger partial charge in [0.1, 0.15) is 16.2 Å². The summed E-state index contributed by atoms with van der Waals surface area (Å²) in [5, 5.41) is 4.62. The van der Waals surface area contributed by atoms with Crippen molar-refractivity contribution in [2.24, 2.45) is 5.92 Å². The van der Waals surface area contributed by atoms with Gasteiger partial charge in [-0.2, -0.15) is 0 Å². The molecule has 164 valence electrons. The molecular weight excluding hydrogens is 410 g/mol. The van der Waals surface area contributed by atoms with Gasteiger partial charge in [-0.15, -0.1) is 11.3 Å². The van der Waals surface area contributed by atoms with Crippen LogP contribution in [0.1, 0.15) is 45.1 Å². The molecule has 4 heterocycles. The first kappa shape index (κ1) is 21.5. The molecular formula is C23H29N5O2S. The van der Waals surface area contributed by atoms with Gasteiger partial charge in [-0.1, -0.05) is 13.8 Å². The molecule has 31 heavy (non-hydrogen) atoms. The molecule has 7 nitrogen and oxygen atoms in total. The van der Waals surface area contributed by atoms with Crippen molar-refractivity contribution in [2.45, 2.75) is 53.2 Å². The van der Waals surface area contributed by atoms with E-state index < -0.39 is 5.60 Å². The molecule has 0 spiro atoms. The first-order chi connectivity index (χ1) is 14.7. The number of thiophene rings is 1. The van der Waals surface area contributed by atoms with Crippen molar-refractivity contribution in [1.82, 2.24) is 19.9 Å². The van der Waals surface area contributed by atoms with Gasteiger partial charge in [0, 0.05) is 35.9 Å². The van der Waals surface area contributed by atoms with Crippen molar-refractivity contribution in [3.05, 3.63) is 35.0 Å². The van der Waals surface area contributed by atoms with E-state index in [1.807, 2.05) is 32.9 Å². The Labute approximate surface area is 186 Å². The van der Waals surface area contributed by atoms with Crippen molar-refractivity contribution in [1.29, 1.82) is 0 Å². The van der Waals surface area contributed by atoms with Crippen LogP contribution >= 0.6 is 11.3 Å². The van der Waals surface area contributed by atoms with E-state index >= 15 is 0 Å². The maximum atomic E-state index is 12.6. The molecule has 1 aliphatic rings. The second-order valence-electron chi connectivity index (χ2n) is 9.24. The summed E-state index contributed by atoms with van der Waals surface area (Å²) in [5.74, 6) is 2.05. The number of hydrogen-bond donors (Lipinski definition) is 1. The molecule has 0 atom stereocenters. The summed E-state index contributed by atoms with van der Waals surface area (Å²) in [6.07, 6.45) is 4.00. The Bertz CT molecular complexity index is 1090. The number of rotatable bonds is 4. The summed E-state index contributed by atoms with van der Waals surface area (Å²) in [5.41, 5.74) is 1.68. The van der Waals surface area contributed by atoms with Crippen molar-refractivity contribution in [3.63, 3.8) is 0 Å². The van der Waals surface area contributed by atoms with E-state index in [1.54, 1.807) is 28.6 Å². The number of pyridine rings is 1. The highest BCUT2D eigenvalue weighted by atomic mass is 32.1. The number of nitrogens with zero attached hydrogens (tertiary/aromatic N) is 4. The number of amides is 1. The molecule has 8 heteroatoms. The van der Waals surface area contributed by atoms with E-state index in [0.29, 0.717) is 24.8 Å². The molecule has 0 saturated heterocycles. The molecule has 4 rings (SSSR count). The van der Waals surface area contributed by atoms with Crippen LogP contribution in [0.3, 0.4) is 0 Å². The minimum atomic E-state index is -0.504. The largest absolute Gasteiger partial charge is 0.444 e.